The molecule has 0 spiro atoms. The van der Waals surface area contributed by atoms with Crippen molar-refractivity contribution in [1.29, 1.82) is 0 Å². The Bertz CT molecular complexity index is 579. The van der Waals surface area contributed by atoms with Crippen LogP contribution in [-0.4, -0.2) is 12.4 Å². The van der Waals surface area contributed by atoms with E-state index in [0.29, 0.717) is 30.6 Å². The van der Waals surface area contributed by atoms with Crippen molar-refractivity contribution in [2.45, 2.75) is 19.8 Å². The topological polar surface area (TPSA) is 26.3 Å². The summed E-state index contributed by atoms with van der Waals surface area (Å²) in [6.07, 6.45) is 0.971. The van der Waals surface area contributed by atoms with Crippen molar-refractivity contribution < 1.29 is 13.9 Å². The number of aryl methyl sites for hydroxylation is 1. The second kappa shape index (κ2) is 6.85. The number of rotatable bonds is 6. The number of hydrogen-bond donors (Lipinski definition) is 0. The summed E-state index contributed by atoms with van der Waals surface area (Å²) in [6, 6.07) is 14.2. The first-order valence-corrected chi connectivity index (χ1v) is 6.64. The van der Waals surface area contributed by atoms with Crippen LogP contribution in [0.3, 0.4) is 0 Å². The first-order valence-electron chi connectivity index (χ1n) is 6.64. The molecule has 0 amide bonds. The number of hydrogen-bond acceptors (Lipinski definition) is 2. The Hall–Kier alpha value is -2.16. The highest BCUT2D eigenvalue weighted by Gasteiger charge is 2.07. The summed E-state index contributed by atoms with van der Waals surface area (Å²) >= 11 is 0. The summed E-state index contributed by atoms with van der Waals surface area (Å²) in [7, 11) is 0. The Morgan fingerprint density at radius 3 is 2.60 bits per heavy atom. The number of halogens is 1. The van der Waals surface area contributed by atoms with E-state index in [4.69, 9.17) is 4.74 Å². The zero-order valence-electron chi connectivity index (χ0n) is 11.4. The molecule has 0 saturated heterocycles. The monoisotopic (exact) mass is 272 g/mol. The summed E-state index contributed by atoms with van der Waals surface area (Å²) in [5, 5.41) is 0. The van der Waals surface area contributed by atoms with Crippen LogP contribution in [0.25, 0.3) is 0 Å². The number of Topliss-reactive ketones (excluding diaryl/α,β-unsaturated/α-hetero) is 1. The van der Waals surface area contributed by atoms with E-state index >= 15 is 0 Å². The van der Waals surface area contributed by atoms with Gasteiger partial charge in [-0.25, -0.2) is 4.39 Å². The van der Waals surface area contributed by atoms with Gasteiger partial charge in [-0.05, 0) is 25.0 Å². The van der Waals surface area contributed by atoms with Crippen LogP contribution < -0.4 is 4.74 Å². The number of carbonyl (C=O) groups excluding carboxylic acids is 1. The van der Waals surface area contributed by atoms with Crippen molar-refractivity contribution in [1.82, 2.24) is 0 Å². The van der Waals surface area contributed by atoms with Gasteiger partial charge >= 0.3 is 0 Å². The van der Waals surface area contributed by atoms with Crippen LogP contribution in [0.4, 0.5) is 4.39 Å². The minimum atomic E-state index is -0.332. The van der Waals surface area contributed by atoms with Gasteiger partial charge in [-0.15, -0.1) is 0 Å². The summed E-state index contributed by atoms with van der Waals surface area (Å²) < 4.78 is 19.0. The molecule has 2 rings (SSSR count). The van der Waals surface area contributed by atoms with Crippen LogP contribution in [0.5, 0.6) is 5.75 Å². The predicted octanol–water partition coefficient (Wildman–Crippen LogP) is 4.18. The zero-order valence-corrected chi connectivity index (χ0v) is 11.4. The third kappa shape index (κ3) is 3.67. The normalized spacial score (nSPS) is 10.3. The van der Waals surface area contributed by atoms with Gasteiger partial charge in [0.15, 0.2) is 17.3 Å². The van der Waals surface area contributed by atoms with Crippen molar-refractivity contribution in [3.63, 3.8) is 0 Å². The standard InChI is InChI=1S/C17H17FO2/c1-13-7-5-11-16(17(13)18)20-12-6-10-15(19)14-8-3-2-4-9-14/h2-5,7-9,11H,6,10,12H2,1H3. The van der Waals surface area contributed by atoms with Crippen LogP contribution in [-0.2, 0) is 0 Å². The molecule has 0 aliphatic carbocycles. The second-order valence-electron chi connectivity index (χ2n) is 4.63. The number of ether oxygens (including phenoxy) is 1. The molecule has 0 bridgehead atoms. The molecule has 0 aliphatic heterocycles. The first kappa shape index (κ1) is 14.3. The van der Waals surface area contributed by atoms with Gasteiger partial charge in [-0.3, -0.25) is 4.79 Å². The largest absolute Gasteiger partial charge is 0.490 e. The zero-order chi connectivity index (χ0) is 14.4. The summed E-state index contributed by atoms with van der Waals surface area (Å²) in [4.78, 5) is 11.8. The molecule has 2 aromatic carbocycles. The summed E-state index contributed by atoms with van der Waals surface area (Å²) in [5.74, 6) is -0.00189. The predicted molar refractivity (Wildman–Crippen MR) is 76.6 cm³/mol. The van der Waals surface area contributed by atoms with E-state index in [1.54, 1.807) is 37.3 Å². The lowest BCUT2D eigenvalue weighted by Crippen LogP contribution is -2.04. The van der Waals surface area contributed by atoms with E-state index in [0.717, 1.165) is 0 Å². The lowest BCUT2D eigenvalue weighted by molar-refractivity contribution is 0.0973. The van der Waals surface area contributed by atoms with Crippen LogP contribution in [0.15, 0.2) is 48.5 Å². The Morgan fingerprint density at radius 1 is 1.10 bits per heavy atom. The third-order valence-corrected chi connectivity index (χ3v) is 3.06. The molecule has 0 N–H and O–H groups in total. The Morgan fingerprint density at radius 2 is 1.85 bits per heavy atom. The fourth-order valence-electron chi connectivity index (χ4n) is 1.92. The van der Waals surface area contributed by atoms with E-state index in [1.165, 1.54) is 0 Å². The van der Waals surface area contributed by atoms with Gasteiger partial charge in [0, 0.05) is 12.0 Å². The van der Waals surface area contributed by atoms with E-state index in [2.05, 4.69) is 0 Å². The van der Waals surface area contributed by atoms with Gasteiger partial charge in [0.2, 0.25) is 0 Å². The van der Waals surface area contributed by atoms with Crippen LogP contribution in [0.1, 0.15) is 28.8 Å². The van der Waals surface area contributed by atoms with Crippen molar-refractivity contribution in [3.8, 4) is 5.75 Å². The van der Waals surface area contributed by atoms with Gasteiger partial charge in [-0.2, -0.15) is 0 Å². The fourth-order valence-corrected chi connectivity index (χ4v) is 1.92. The van der Waals surface area contributed by atoms with Gasteiger partial charge in [0.1, 0.15) is 0 Å². The molecule has 2 aromatic rings. The molecule has 0 radical (unpaired) electrons. The summed E-state index contributed by atoms with van der Waals surface area (Å²) in [6.45, 7) is 2.03. The second-order valence-corrected chi connectivity index (χ2v) is 4.63. The molecule has 20 heavy (non-hydrogen) atoms. The highest BCUT2D eigenvalue weighted by molar-refractivity contribution is 5.95. The molecule has 0 unspecified atom stereocenters. The molecule has 0 atom stereocenters. The molecule has 3 heteroatoms. The third-order valence-electron chi connectivity index (χ3n) is 3.06. The SMILES string of the molecule is Cc1cccc(OCCCC(=O)c2ccccc2)c1F. The lowest BCUT2D eigenvalue weighted by Gasteiger charge is -2.08. The van der Waals surface area contributed by atoms with E-state index in [9.17, 15) is 9.18 Å². The molecule has 0 fully saturated rings. The molecule has 0 aromatic heterocycles. The van der Waals surface area contributed by atoms with Crippen molar-refractivity contribution in [2.24, 2.45) is 0 Å². The Labute approximate surface area is 118 Å². The van der Waals surface area contributed by atoms with Gasteiger partial charge in [-0.1, -0.05) is 42.5 Å². The van der Waals surface area contributed by atoms with Gasteiger partial charge in [0.25, 0.3) is 0 Å². The average Bonchev–Trinajstić information content (AvgIpc) is 2.48. The van der Waals surface area contributed by atoms with E-state index < -0.39 is 0 Å². The quantitative estimate of drug-likeness (QED) is 0.582. The first-order chi connectivity index (χ1) is 9.68. The molecule has 0 saturated carbocycles. The summed E-state index contributed by atoms with van der Waals surface area (Å²) in [5.41, 5.74) is 1.26. The molecular weight excluding hydrogens is 255 g/mol. The highest BCUT2D eigenvalue weighted by Crippen LogP contribution is 2.19. The molecule has 2 nitrogen and oxygen atoms in total. The maximum atomic E-state index is 13.7. The Kier molecular flexibility index (Phi) is 4.88. The lowest BCUT2D eigenvalue weighted by atomic mass is 10.1. The maximum absolute atomic E-state index is 13.7. The van der Waals surface area contributed by atoms with Gasteiger partial charge < -0.3 is 4.74 Å². The Balaban J connectivity index is 1.80. The molecule has 0 aliphatic rings. The van der Waals surface area contributed by atoms with Gasteiger partial charge in [0.05, 0.1) is 6.61 Å². The number of carbonyl (C=O) groups is 1. The molecule has 104 valence electrons. The fraction of sp³-hybridized carbons (Fsp3) is 0.235. The van der Waals surface area contributed by atoms with Crippen LogP contribution in [0.2, 0.25) is 0 Å². The minimum absolute atomic E-state index is 0.0823. The smallest absolute Gasteiger partial charge is 0.167 e. The average molecular weight is 272 g/mol. The van der Waals surface area contributed by atoms with E-state index in [-0.39, 0.29) is 17.3 Å². The van der Waals surface area contributed by atoms with Crippen LogP contribution in [0, 0.1) is 12.7 Å². The molecular formula is C17H17FO2. The highest BCUT2D eigenvalue weighted by atomic mass is 19.1. The van der Waals surface area contributed by atoms with Crippen molar-refractivity contribution in [3.05, 3.63) is 65.5 Å². The maximum Gasteiger partial charge on any atom is 0.167 e. The van der Waals surface area contributed by atoms with Crippen molar-refractivity contribution >= 4 is 5.78 Å². The van der Waals surface area contributed by atoms with Crippen molar-refractivity contribution in [2.75, 3.05) is 6.61 Å². The number of benzene rings is 2. The minimum Gasteiger partial charge on any atom is -0.490 e. The number of ketones is 1. The molecule has 0 heterocycles. The van der Waals surface area contributed by atoms with Crippen LogP contribution >= 0.6 is 0 Å². The van der Waals surface area contributed by atoms with E-state index in [1.807, 2.05) is 18.2 Å².